The molecule has 21 heavy (non-hydrogen) atoms. The highest BCUT2D eigenvalue weighted by molar-refractivity contribution is 7.89. The summed E-state index contributed by atoms with van der Waals surface area (Å²) in [6.45, 7) is 1.95. The molecule has 7 heteroatoms. The first-order valence-corrected chi connectivity index (χ1v) is 8.41. The van der Waals surface area contributed by atoms with Crippen LogP contribution in [-0.4, -0.2) is 37.3 Å². The van der Waals surface area contributed by atoms with Crippen molar-refractivity contribution in [1.29, 1.82) is 0 Å². The molecular formula is C14H17FN2O3S. The van der Waals surface area contributed by atoms with Crippen molar-refractivity contribution in [3.8, 4) is 0 Å². The summed E-state index contributed by atoms with van der Waals surface area (Å²) in [5, 5.41) is 2.83. The molecule has 1 aromatic rings. The van der Waals surface area contributed by atoms with E-state index in [9.17, 15) is 17.6 Å². The fourth-order valence-electron chi connectivity index (χ4n) is 3.06. The van der Waals surface area contributed by atoms with Crippen molar-refractivity contribution in [1.82, 2.24) is 9.62 Å². The minimum atomic E-state index is -3.72. The molecule has 1 aromatic carbocycles. The van der Waals surface area contributed by atoms with E-state index in [1.807, 2.05) is 0 Å². The zero-order valence-corrected chi connectivity index (χ0v) is 12.5. The van der Waals surface area contributed by atoms with Crippen LogP contribution in [0.15, 0.2) is 23.1 Å². The molecule has 2 heterocycles. The van der Waals surface area contributed by atoms with Gasteiger partial charge in [-0.15, -0.1) is 0 Å². The van der Waals surface area contributed by atoms with E-state index >= 15 is 0 Å². The molecule has 2 aliphatic heterocycles. The lowest BCUT2D eigenvalue weighted by Gasteiger charge is -2.31. The van der Waals surface area contributed by atoms with Crippen LogP contribution in [0, 0.1) is 12.7 Å². The van der Waals surface area contributed by atoms with Gasteiger partial charge in [-0.25, -0.2) is 12.8 Å². The van der Waals surface area contributed by atoms with E-state index in [1.54, 1.807) is 6.92 Å². The normalized spacial score (nSPS) is 26.5. The van der Waals surface area contributed by atoms with Crippen molar-refractivity contribution in [3.63, 3.8) is 0 Å². The lowest BCUT2D eigenvalue weighted by atomic mass is 10.00. The Morgan fingerprint density at radius 1 is 1.33 bits per heavy atom. The maximum atomic E-state index is 13.6. The summed E-state index contributed by atoms with van der Waals surface area (Å²) in [4.78, 5) is 11.4. The Balaban J connectivity index is 1.92. The molecule has 2 aliphatic rings. The van der Waals surface area contributed by atoms with Crippen LogP contribution in [0.3, 0.4) is 0 Å². The second-order valence-electron chi connectivity index (χ2n) is 5.60. The van der Waals surface area contributed by atoms with Crippen LogP contribution in [0.2, 0.25) is 0 Å². The summed E-state index contributed by atoms with van der Waals surface area (Å²) < 4.78 is 40.4. The molecule has 0 aliphatic carbocycles. The van der Waals surface area contributed by atoms with E-state index < -0.39 is 15.8 Å². The van der Waals surface area contributed by atoms with Gasteiger partial charge in [0.15, 0.2) is 0 Å². The first kappa shape index (κ1) is 14.5. The molecule has 2 saturated heterocycles. The van der Waals surface area contributed by atoms with Crippen LogP contribution in [0.25, 0.3) is 0 Å². The second-order valence-corrected chi connectivity index (χ2v) is 7.49. The van der Waals surface area contributed by atoms with E-state index in [0.29, 0.717) is 31.4 Å². The highest BCUT2D eigenvalue weighted by Gasteiger charge is 2.44. The Hall–Kier alpha value is -1.47. The number of amides is 1. The Morgan fingerprint density at radius 3 is 2.81 bits per heavy atom. The minimum absolute atomic E-state index is 0.0249. The van der Waals surface area contributed by atoms with Crippen molar-refractivity contribution >= 4 is 15.9 Å². The third-order valence-corrected chi connectivity index (χ3v) is 6.18. The fraction of sp³-hybridized carbons (Fsp3) is 0.500. The van der Waals surface area contributed by atoms with Gasteiger partial charge in [-0.3, -0.25) is 4.79 Å². The lowest BCUT2D eigenvalue weighted by molar-refractivity contribution is -0.123. The molecule has 0 radical (unpaired) electrons. The summed E-state index contributed by atoms with van der Waals surface area (Å²) in [5.74, 6) is -0.555. The van der Waals surface area contributed by atoms with E-state index in [2.05, 4.69) is 5.32 Å². The van der Waals surface area contributed by atoms with Gasteiger partial charge in [-0.1, -0.05) is 6.07 Å². The number of hydrogen-bond acceptors (Lipinski definition) is 3. The highest BCUT2D eigenvalue weighted by atomic mass is 32.2. The van der Waals surface area contributed by atoms with Gasteiger partial charge in [0.05, 0.1) is 4.90 Å². The van der Waals surface area contributed by atoms with Crippen LogP contribution in [0.5, 0.6) is 0 Å². The maximum absolute atomic E-state index is 13.6. The lowest BCUT2D eigenvalue weighted by Crippen LogP contribution is -2.50. The quantitative estimate of drug-likeness (QED) is 0.891. The monoisotopic (exact) mass is 312 g/mol. The number of nitrogens with one attached hydrogen (secondary N) is 1. The predicted octanol–water partition coefficient (Wildman–Crippen LogP) is 1.18. The Kier molecular flexibility index (Phi) is 3.49. The standard InChI is InChI=1S/C14H17FN2O3S/c1-9-2-3-10(8-11(9)15)21(19,20)17-7-6-12-13(17)4-5-14(18)16-12/h2-3,8,12-13H,4-7H2,1H3,(H,16,18)/t12-,13-/m0/s1. The molecule has 0 unspecified atom stereocenters. The second kappa shape index (κ2) is 5.06. The molecular weight excluding hydrogens is 295 g/mol. The van der Waals surface area contributed by atoms with Gasteiger partial charge in [0, 0.05) is 25.0 Å². The SMILES string of the molecule is Cc1ccc(S(=O)(=O)N2CC[C@@H]3NC(=O)CC[C@@H]32)cc1F. The van der Waals surface area contributed by atoms with Crippen molar-refractivity contribution in [2.45, 2.75) is 43.2 Å². The van der Waals surface area contributed by atoms with Crippen molar-refractivity contribution < 1.29 is 17.6 Å². The Morgan fingerprint density at radius 2 is 2.10 bits per heavy atom. The summed E-state index contributed by atoms with van der Waals surface area (Å²) in [6.07, 6.45) is 1.45. The van der Waals surface area contributed by atoms with Crippen LogP contribution in [0.1, 0.15) is 24.8 Å². The number of hydrogen-bond donors (Lipinski definition) is 1. The molecule has 0 saturated carbocycles. The average molecular weight is 312 g/mol. The van der Waals surface area contributed by atoms with Crippen LogP contribution in [0.4, 0.5) is 4.39 Å². The van der Waals surface area contributed by atoms with Gasteiger partial charge in [-0.2, -0.15) is 4.31 Å². The van der Waals surface area contributed by atoms with Crippen LogP contribution >= 0.6 is 0 Å². The van der Waals surface area contributed by atoms with Gasteiger partial charge >= 0.3 is 0 Å². The Labute approximate surface area is 123 Å². The maximum Gasteiger partial charge on any atom is 0.243 e. The van der Waals surface area contributed by atoms with Crippen molar-refractivity contribution in [2.75, 3.05) is 6.54 Å². The first-order chi connectivity index (χ1) is 9.89. The highest BCUT2D eigenvalue weighted by Crippen LogP contribution is 2.31. The molecule has 0 spiro atoms. The zero-order valence-electron chi connectivity index (χ0n) is 11.7. The van der Waals surface area contributed by atoms with Crippen LogP contribution < -0.4 is 5.32 Å². The van der Waals surface area contributed by atoms with E-state index in [1.165, 1.54) is 16.4 Å². The van der Waals surface area contributed by atoms with Crippen LogP contribution in [-0.2, 0) is 14.8 Å². The summed E-state index contributed by atoms with van der Waals surface area (Å²) in [5.41, 5.74) is 0.415. The number of benzene rings is 1. The van der Waals surface area contributed by atoms with Gasteiger partial charge in [-0.05, 0) is 37.5 Å². The number of aryl methyl sites for hydroxylation is 1. The predicted molar refractivity (Wildman–Crippen MR) is 74.6 cm³/mol. The number of rotatable bonds is 2. The van der Waals surface area contributed by atoms with Gasteiger partial charge in [0.1, 0.15) is 5.82 Å². The van der Waals surface area contributed by atoms with E-state index in [0.717, 1.165) is 6.07 Å². The number of carbonyl (C=O) groups excluding carboxylic acids is 1. The molecule has 114 valence electrons. The third-order valence-electron chi connectivity index (χ3n) is 4.26. The van der Waals surface area contributed by atoms with E-state index in [4.69, 9.17) is 0 Å². The molecule has 1 amide bonds. The molecule has 2 fully saturated rings. The summed E-state index contributed by atoms with van der Waals surface area (Å²) >= 11 is 0. The molecule has 2 atom stereocenters. The van der Waals surface area contributed by atoms with E-state index in [-0.39, 0.29) is 22.9 Å². The van der Waals surface area contributed by atoms with Gasteiger partial charge < -0.3 is 5.32 Å². The topological polar surface area (TPSA) is 66.5 Å². The summed E-state index contributed by atoms with van der Waals surface area (Å²) in [7, 11) is -3.72. The van der Waals surface area contributed by atoms with Gasteiger partial charge in [0.25, 0.3) is 0 Å². The Bertz CT molecular complexity index is 689. The number of nitrogens with zero attached hydrogens (tertiary/aromatic N) is 1. The van der Waals surface area contributed by atoms with Crippen molar-refractivity contribution in [2.24, 2.45) is 0 Å². The smallest absolute Gasteiger partial charge is 0.243 e. The fourth-order valence-corrected chi connectivity index (χ4v) is 4.78. The average Bonchev–Trinajstić information content (AvgIpc) is 2.85. The third kappa shape index (κ3) is 2.44. The number of fused-ring (bicyclic) bond motifs is 1. The molecule has 3 rings (SSSR count). The number of piperidine rings is 1. The molecule has 0 bridgehead atoms. The van der Waals surface area contributed by atoms with Crippen molar-refractivity contribution in [3.05, 3.63) is 29.6 Å². The zero-order chi connectivity index (χ0) is 15.2. The first-order valence-electron chi connectivity index (χ1n) is 6.97. The molecule has 0 aromatic heterocycles. The minimum Gasteiger partial charge on any atom is -0.352 e. The number of halogens is 1. The molecule has 5 nitrogen and oxygen atoms in total. The number of carbonyl (C=O) groups is 1. The van der Waals surface area contributed by atoms with Gasteiger partial charge in [0.2, 0.25) is 15.9 Å². The summed E-state index contributed by atoms with van der Waals surface area (Å²) in [6, 6.07) is 3.62. The number of sulfonamides is 1. The largest absolute Gasteiger partial charge is 0.352 e. The molecule has 1 N–H and O–H groups in total.